The van der Waals surface area contributed by atoms with Gasteiger partial charge in [0.25, 0.3) is 0 Å². The first kappa shape index (κ1) is 15.4. The van der Waals surface area contributed by atoms with E-state index in [1.165, 1.54) is 37.4 Å². The lowest BCUT2D eigenvalue weighted by molar-refractivity contribution is 0.0600. The highest BCUT2D eigenvalue weighted by Gasteiger charge is 2.22. The first-order valence-corrected chi connectivity index (χ1v) is 8.49. The molecule has 3 aromatic rings. The van der Waals surface area contributed by atoms with E-state index in [4.69, 9.17) is 4.18 Å². The fourth-order valence-electron chi connectivity index (χ4n) is 1.95. The van der Waals surface area contributed by atoms with Gasteiger partial charge in [0.05, 0.1) is 24.4 Å². The normalized spacial score (nSPS) is 11.3. The highest BCUT2D eigenvalue weighted by atomic mass is 32.2. The Labute approximate surface area is 135 Å². The van der Waals surface area contributed by atoms with Crippen molar-refractivity contribution in [3.8, 4) is 5.75 Å². The number of esters is 1. The van der Waals surface area contributed by atoms with Gasteiger partial charge in [-0.3, -0.25) is 0 Å². The number of rotatable bonds is 4. The van der Waals surface area contributed by atoms with Crippen molar-refractivity contribution in [1.82, 2.24) is 8.75 Å². The average molecular weight is 350 g/mol. The summed E-state index contributed by atoms with van der Waals surface area (Å²) < 4.78 is 42.6. The van der Waals surface area contributed by atoms with Crippen LogP contribution in [0.2, 0.25) is 0 Å². The number of hydrogen-bond donors (Lipinski definition) is 0. The van der Waals surface area contributed by atoms with Gasteiger partial charge in [0.15, 0.2) is 0 Å². The van der Waals surface area contributed by atoms with E-state index in [1.807, 2.05) is 0 Å². The van der Waals surface area contributed by atoms with E-state index in [0.29, 0.717) is 5.52 Å². The van der Waals surface area contributed by atoms with Gasteiger partial charge in [0.1, 0.15) is 21.7 Å². The number of methoxy groups -OCH3 is 1. The number of carbonyl (C=O) groups excluding carboxylic acids is 1. The predicted molar refractivity (Wildman–Crippen MR) is 83.0 cm³/mol. The highest BCUT2D eigenvalue weighted by molar-refractivity contribution is 7.87. The van der Waals surface area contributed by atoms with Gasteiger partial charge in [-0.05, 0) is 30.3 Å². The molecule has 0 radical (unpaired) electrons. The summed E-state index contributed by atoms with van der Waals surface area (Å²) >= 11 is 0.918. The molecule has 9 heteroatoms. The van der Waals surface area contributed by atoms with E-state index in [9.17, 15) is 13.2 Å². The van der Waals surface area contributed by atoms with Crippen LogP contribution in [-0.2, 0) is 14.9 Å². The minimum atomic E-state index is -4.11. The van der Waals surface area contributed by atoms with Crippen LogP contribution in [0.25, 0.3) is 11.0 Å². The molecule has 0 aliphatic rings. The van der Waals surface area contributed by atoms with Crippen LogP contribution < -0.4 is 4.18 Å². The maximum atomic E-state index is 12.5. The summed E-state index contributed by atoms with van der Waals surface area (Å²) in [7, 11) is -2.87. The van der Waals surface area contributed by atoms with Crippen molar-refractivity contribution in [3.05, 3.63) is 48.0 Å². The number of benzene rings is 2. The second kappa shape index (κ2) is 5.94. The number of fused-ring (bicyclic) bond motifs is 1. The van der Waals surface area contributed by atoms with Crippen molar-refractivity contribution in [2.75, 3.05) is 7.11 Å². The summed E-state index contributed by atoms with van der Waals surface area (Å²) in [6.07, 6.45) is 0. The molecule has 118 valence electrons. The van der Waals surface area contributed by atoms with E-state index >= 15 is 0 Å². The van der Waals surface area contributed by atoms with Crippen LogP contribution in [0.3, 0.4) is 0 Å². The molecule has 7 nitrogen and oxygen atoms in total. The maximum absolute atomic E-state index is 12.5. The zero-order chi connectivity index (χ0) is 16.4. The molecule has 0 aliphatic heterocycles. The lowest BCUT2D eigenvalue weighted by Crippen LogP contribution is -2.11. The summed E-state index contributed by atoms with van der Waals surface area (Å²) in [5.74, 6) is -0.577. The minimum Gasteiger partial charge on any atom is -0.465 e. The molecular weight excluding hydrogens is 340 g/mol. The number of ether oxygens (including phenoxy) is 1. The van der Waals surface area contributed by atoms with E-state index < -0.39 is 16.1 Å². The zero-order valence-electron chi connectivity index (χ0n) is 11.8. The Morgan fingerprint density at radius 2 is 1.91 bits per heavy atom. The molecule has 2 aromatic carbocycles. The lowest BCUT2D eigenvalue weighted by atomic mass is 10.2. The molecule has 0 bridgehead atoms. The van der Waals surface area contributed by atoms with Crippen molar-refractivity contribution in [3.63, 3.8) is 0 Å². The van der Waals surface area contributed by atoms with Crippen LogP contribution >= 0.6 is 11.7 Å². The monoisotopic (exact) mass is 350 g/mol. The molecule has 0 fully saturated rings. The third-order valence-electron chi connectivity index (χ3n) is 2.98. The molecule has 1 heterocycles. The molecule has 0 unspecified atom stereocenters. The Morgan fingerprint density at radius 1 is 1.13 bits per heavy atom. The molecule has 0 amide bonds. The van der Waals surface area contributed by atoms with Crippen molar-refractivity contribution >= 4 is 38.8 Å². The van der Waals surface area contributed by atoms with Crippen LogP contribution in [0.1, 0.15) is 10.4 Å². The average Bonchev–Trinajstić information content (AvgIpc) is 3.02. The largest absolute Gasteiger partial charge is 0.465 e. The third kappa shape index (κ3) is 3.01. The summed E-state index contributed by atoms with van der Waals surface area (Å²) in [6.45, 7) is 0. The highest BCUT2D eigenvalue weighted by Crippen LogP contribution is 2.25. The van der Waals surface area contributed by atoms with Gasteiger partial charge in [-0.2, -0.15) is 17.2 Å². The second-order valence-electron chi connectivity index (χ2n) is 4.44. The molecule has 3 rings (SSSR count). The molecule has 0 aliphatic carbocycles. The third-order valence-corrected chi connectivity index (χ3v) is 4.80. The second-order valence-corrected chi connectivity index (χ2v) is 6.49. The zero-order valence-corrected chi connectivity index (χ0v) is 13.4. The van der Waals surface area contributed by atoms with Crippen LogP contribution in [0.15, 0.2) is 47.4 Å². The van der Waals surface area contributed by atoms with E-state index in [0.717, 1.165) is 11.7 Å². The SMILES string of the molecule is COC(=O)c1cccc(OS(=O)(=O)c2cccc3nsnc23)c1. The smallest absolute Gasteiger partial charge is 0.341 e. The summed E-state index contributed by atoms with van der Waals surface area (Å²) in [6, 6.07) is 10.3. The van der Waals surface area contributed by atoms with Crippen LogP contribution in [-0.4, -0.2) is 30.2 Å². The van der Waals surface area contributed by atoms with Crippen molar-refractivity contribution in [1.29, 1.82) is 0 Å². The Bertz CT molecular complexity index is 982. The molecule has 0 saturated heterocycles. The quantitative estimate of drug-likeness (QED) is 0.526. The molecule has 0 atom stereocenters. The van der Waals surface area contributed by atoms with Gasteiger partial charge < -0.3 is 8.92 Å². The predicted octanol–water partition coefficient (Wildman–Crippen LogP) is 2.25. The summed E-state index contributed by atoms with van der Waals surface area (Å²) in [5.41, 5.74) is 0.915. The van der Waals surface area contributed by atoms with Crippen molar-refractivity contribution in [2.24, 2.45) is 0 Å². The van der Waals surface area contributed by atoms with Gasteiger partial charge in [-0.1, -0.05) is 12.1 Å². The molecule has 1 aromatic heterocycles. The topological polar surface area (TPSA) is 95.5 Å². The molecular formula is C14H10N2O5S2. The molecule has 23 heavy (non-hydrogen) atoms. The molecule has 0 spiro atoms. The van der Waals surface area contributed by atoms with Crippen LogP contribution in [0.4, 0.5) is 0 Å². The Kier molecular flexibility index (Phi) is 3.97. The Balaban J connectivity index is 1.99. The molecule has 0 N–H and O–H groups in total. The van der Waals surface area contributed by atoms with E-state index in [-0.39, 0.29) is 21.7 Å². The number of nitrogens with zero attached hydrogens (tertiary/aromatic N) is 2. The summed E-state index contributed by atoms with van der Waals surface area (Å²) in [4.78, 5) is 11.4. The first-order chi connectivity index (χ1) is 11.0. The van der Waals surface area contributed by atoms with Crippen LogP contribution in [0, 0.1) is 0 Å². The number of aromatic nitrogens is 2. The standard InChI is InChI=1S/C14H10N2O5S2/c1-20-14(17)9-4-2-5-10(8-9)21-23(18,19)12-7-3-6-11-13(12)16-22-15-11/h2-8H,1H3. The van der Waals surface area contributed by atoms with Crippen molar-refractivity contribution < 1.29 is 22.1 Å². The van der Waals surface area contributed by atoms with Gasteiger partial charge in [0, 0.05) is 0 Å². The lowest BCUT2D eigenvalue weighted by Gasteiger charge is -2.08. The fourth-order valence-corrected chi connectivity index (χ4v) is 3.63. The fraction of sp³-hybridized carbons (Fsp3) is 0.0714. The maximum Gasteiger partial charge on any atom is 0.341 e. The first-order valence-electron chi connectivity index (χ1n) is 6.35. The minimum absolute atomic E-state index is 0.00749. The van der Waals surface area contributed by atoms with Gasteiger partial charge in [-0.25, -0.2) is 4.79 Å². The summed E-state index contributed by atoms with van der Waals surface area (Å²) in [5, 5.41) is 0. The van der Waals surface area contributed by atoms with Crippen molar-refractivity contribution in [2.45, 2.75) is 4.90 Å². The number of hydrogen-bond acceptors (Lipinski definition) is 8. The van der Waals surface area contributed by atoms with E-state index in [2.05, 4.69) is 13.5 Å². The van der Waals surface area contributed by atoms with Crippen LogP contribution in [0.5, 0.6) is 5.75 Å². The number of carbonyl (C=O) groups is 1. The molecule has 0 saturated carbocycles. The Hall–Kier alpha value is -2.52. The van der Waals surface area contributed by atoms with Gasteiger partial charge in [0.2, 0.25) is 0 Å². The Morgan fingerprint density at radius 3 is 2.70 bits per heavy atom. The van der Waals surface area contributed by atoms with Gasteiger partial charge >= 0.3 is 16.1 Å². The van der Waals surface area contributed by atoms with E-state index in [1.54, 1.807) is 12.1 Å². The van der Waals surface area contributed by atoms with Gasteiger partial charge in [-0.15, -0.1) is 0 Å².